The van der Waals surface area contributed by atoms with Gasteiger partial charge in [0.25, 0.3) is 0 Å². The molecule has 1 saturated carbocycles. The van der Waals surface area contributed by atoms with Crippen LogP contribution in [0.25, 0.3) is 60.8 Å². The molecular formula is C49H47N3O2. The number of benzene rings is 4. The van der Waals surface area contributed by atoms with Crippen molar-refractivity contribution >= 4 is 43.9 Å². The highest BCUT2D eigenvalue weighted by Gasteiger charge is 2.42. The Bertz CT molecular complexity index is 2770. The van der Waals surface area contributed by atoms with E-state index in [1.165, 1.54) is 41.5 Å². The van der Waals surface area contributed by atoms with E-state index in [1.807, 2.05) is 18.2 Å². The van der Waals surface area contributed by atoms with Crippen molar-refractivity contribution in [3.05, 3.63) is 126 Å². The first-order valence-electron chi connectivity index (χ1n) is 19.6. The van der Waals surface area contributed by atoms with Crippen LogP contribution in [0.5, 0.6) is 11.6 Å². The van der Waals surface area contributed by atoms with E-state index >= 15 is 0 Å². The van der Waals surface area contributed by atoms with Gasteiger partial charge in [-0.05, 0) is 139 Å². The molecule has 0 amide bonds. The molecule has 270 valence electrons. The van der Waals surface area contributed by atoms with E-state index < -0.39 is 0 Å². The maximum atomic E-state index is 6.80. The maximum absolute atomic E-state index is 6.80. The number of ether oxygens (including phenoxy) is 1. The molecule has 1 unspecified atom stereocenters. The Balaban J connectivity index is 1.06. The summed E-state index contributed by atoms with van der Waals surface area (Å²) < 4.78 is 15.6. The lowest BCUT2D eigenvalue weighted by Crippen LogP contribution is -2.37. The van der Waals surface area contributed by atoms with Crippen molar-refractivity contribution < 1.29 is 9.15 Å². The third kappa shape index (κ3) is 5.59. The van der Waals surface area contributed by atoms with Crippen LogP contribution in [0, 0.1) is 36.5 Å². The van der Waals surface area contributed by atoms with Crippen molar-refractivity contribution in [3.63, 3.8) is 0 Å². The number of fused-ring (bicyclic) bond motifs is 7. The van der Waals surface area contributed by atoms with Gasteiger partial charge in [-0.15, -0.1) is 0 Å². The molecule has 2 aliphatic carbocycles. The van der Waals surface area contributed by atoms with Crippen LogP contribution in [-0.2, 0) is 12.8 Å². The summed E-state index contributed by atoms with van der Waals surface area (Å²) in [5.74, 6) is 2.56. The number of aryl methyl sites for hydroxylation is 2. The largest absolute Gasteiger partial charge is 0.452 e. The molecule has 0 radical (unpaired) electrons. The molecule has 10 rings (SSSR count). The van der Waals surface area contributed by atoms with Gasteiger partial charge in [0.1, 0.15) is 11.2 Å². The van der Waals surface area contributed by atoms with Crippen LogP contribution in [0.2, 0.25) is 0 Å². The number of hydrogen-bond acceptors (Lipinski definition) is 4. The molecule has 4 aromatic heterocycles. The van der Waals surface area contributed by atoms with Crippen molar-refractivity contribution in [2.75, 3.05) is 0 Å². The summed E-state index contributed by atoms with van der Waals surface area (Å²) in [6, 6.07) is 34.1. The minimum Gasteiger partial charge on any atom is -0.452 e. The standard InChI is InChI=1S/C49H47N3O2/c1-29-15-16-36(19-30(29)2)52-42-13-9-7-11-37(42)39-17-18-45(51-47(39)52)53-44-24-33(22-40-38-12-8-10-14-43(38)54-46(40)44)41-23-32-20-31(21-34(32)27-50-41)35-25-48(3,4)28-49(5,6)26-35/h7-19,22-24,27,31,35H,20-21,25-26,28H2,1-6H3. The number of nitrogens with zero attached hydrogens (tertiary/aromatic N) is 3. The fourth-order valence-electron chi connectivity index (χ4n) is 10.4. The van der Waals surface area contributed by atoms with E-state index in [2.05, 4.69) is 131 Å². The lowest BCUT2D eigenvalue weighted by atomic mass is 9.59. The summed E-state index contributed by atoms with van der Waals surface area (Å²) in [4.78, 5) is 10.3. The van der Waals surface area contributed by atoms with E-state index in [9.17, 15) is 0 Å². The number of hydrogen-bond donors (Lipinski definition) is 0. The molecule has 5 heteroatoms. The summed E-state index contributed by atoms with van der Waals surface area (Å²) in [6.07, 6.45) is 8.32. The quantitative estimate of drug-likeness (QED) is 0.178. The number of aromatic nitrogens is 3. The average Bonchev–Trinajstić information content (AvgIpc) is 3.83. The van der Waals surface area contributed by atoms with Gasteiger partial charge >= 0.3 is 0 Å². The molecule has 4 heterocycles. The second-order valence-corrected chi connectivity index (χ2v) is 17.9. The minimum absolute atomic E-state index is 0.388. The number of rotatable bonds is 5. The van der Waals surface area contributed by atoms with Gasteiger partial charge in [-0.2, -0.15) is 4.98 Å². The third-order valence-corrected chi connectivity index (χ3v) is 12.5. The number of furan rings is 1. The van der Waals surface area contributed by atoms with Crippen LogP contribution in [0.15, 0.2) is 108 Å². The Morgan fingerprint density at radius 1 is 0.704 bits per heavy atom. The average molecular weight is 710 g/mol. The molecule has 2 aliphatic rings. The maximum Gasteiger partial charge on any atom is 0.221 e. The van der Waals surface area contributed by atoms with Gasteiger partial charge in [-0.3, -0.25) is 9.55 Å². The number of para-hydroxylation sites is 2. The normalized spacial score (nSPS) is 18.2. The van der Waals surface area contributed by atoms with Crippen molar-refractivity contribution in [2.45, 2.75) is 73.6 Å². The third-order valence-electron chi connectivity index (χ3n) is 12.5. The molecule has 0 spiro atoms. The van der Waals surface area contributed by atoms with Crippen LogP contribution in [0.1, 0.15) is 69.2 Å². The van der Waals surface area contributed by atoms with Gasteiger partial charge in [0.2, 0.25) is 5.88 Å². The zero-order valence-electron chi connectivity index (χ0n) is 32.2. The van der Waals surface area contributed by atoms with E-state index in [-0.39, 0.29) is 0 Å². The Hall–Kier alpha value is -5.42. The smallest absolute Gasteiger partial charge is 0.221 e. The first kappa shape index (κ1) is 33.2. The van der Waals surface area contributed by atoms with Crippen LogP contribution < -0.4 is 4.74 Å². The fourth-order valence-corrected chi connectivity index (χ4v) is 10.4. The topological polar surface area (TPSA) is 53.1 Å². The van der Waals surface area contributed by atoms with Crippen LogP contribution in [0.3, 0.4) is 0 Å². The summed E-state index contributed by atoms with van der Waals surface area (Å²) in [6.45, 7) is 14.2. The van der Waals surface area contributed by atoms with Crippen molar-refractivity contribution in [2.24, 2.45) is 22.7 Å². The Labute approximate surface area is 317 Å². The molecule has 0 saturated heterocycles. The predicted octanol–water partition coefficient (Wildman–Crippen LogP) is 13.1. The molecule has 54 heavy (non-hydrogen) atoms. The SMILES string of the molecule is Cc1ccc(-n2c3ccccc3c3ccc(Oc4cc(-c5cc6c(cn5)CC(C5CC(C)(C)CC(C)(C)C5)C6)cc5c4oc4ccccc45)nc32)cc1C. The summed E-state index contributed by atoms with van der Waals surface area (Å²) in [5, 5.41) is 4.31. The first-order chi connectivity index (χ1) is 26.0. The molecule has 0 bridgehead atoms. The van der Waals surface area contributed by atoms with E-state index in [4.69, 9.17) is 19.1 Å². The highest BCUT2D eigenvalue weighted by Crippen LogP contribution is 2.52. The highest BCUT2D eigenvalue weighted by atomic mass is 16.5. The van der Waals surface area contributed by atoms with Gasteiger partial charge in [-0.1, -0.05) is 70.2 Å². The van der Waals surface area contributed by atoms with Crippen molar-refractivity contribution in [1.29, 1.82) is 0 Å². The zero-order valence-corrected chi connectivity index (χ0v) is 32.2. The van der Waals surface area contributed by atoms with Gasteiger partial charge in [-0.25, -0.2) is 0 Å². The van der Waals surface area contributed by atoms with Crippen LogP contribution in [-0.4, -0.2) is 14.5 Å². The Morgan fingerprint density at radius 3 is 2.28 bits per heavy atom. The van der Waals surface area contributed by atoms with Crippen molar-refractivity contribution in [3.8, 4) is 28.6 Å². The number of pyridine rings is 2. The molecule has 0 aliphatic heterocycles. The predicted molar refractivity (Wildman–Crippen MR) is 221 cm³/mol. The van der Waals surface area contributed by atoms with Gasteiger partial charge in [0, 0.05) is 45.1 Å². The van der Waals surface area contributed by atoms with Crippen LogP contribution >= 0.6 is 0 Å². The minimum atomic E-state index is 0.388. The molecule has 1 fully saturated rings. The van der Waals surface area contributed by atoms with E-state index in [0.717, 1.165) is 74.0 Å². The summed E-state index contributed by atoms with van der Waals surface area (Å²) in [7, 11) is 0. The van der Waals surface area contributed by atoms with E-state index in [1.54, 1.807) is 0 Å². The molecule has 1 atom stereocenters. The lowest BCUT2D eigenvalue weighted by Gasteiger charge is -2.47. The summed E-state index contributed by atoms with van der Waals surface area (Å²) >= 11 is 0. The molecule has 8 aromatic rings. The Kier molecular flexibility index (Phi) is 7.40. The second-order valence-electron chi connectivity index (χ2n) is 17.9. The monoisotopic (exact) mass is 709 g/mol. The molecule has 0 N–H and O–H groups in total. The second kappa shape index (κ2) is 12.0. The highest BCUT2D eigenvalue weighted by molar-refractivity contribution is 6.09. The zero-order chi connectivity index (χ0) is 36.9. The van der Waals surface area contributed by atoms with Crippen LogP contribution in [0.4, 0.5) is 0 Å². The van der Waals surface area contributed by atoms with Gasteiger partial charge in [0.05, 0.1) is 11.2 Å². The molecular weight excluding hydrogens is 663 g/mol. The van der Waals surface area contributed by atoms with Gasteiger partial charge in [0.15, 0.2) is 11.3 Å². The van der Waals surface area contributed by atoms with Gasteiger partial charge < -0.3 is 9.15 Å². The lowest BCUT2D eigenvalue weighted by molar-refractivity contribution is 0.0416. The van der Waals surface area contributed by atoms with Crippen molar-refractivity contribution in [1.82, 2.24) is 14.5 Å². The molecule has 5 nitrogen and oxygen atoms in total. The first-order valence-corrected chi connectivity index (χ1v) is 19.6. The Morgan fingerprint density at radius 2 is 1.46 bits per heavy atom. The summed E-state index contributed by atoms with van der Waals surface area (Å²) in [5.41, 5.74) is 12.7. The van der Waals surface area contributed by atoms with E-state index in [0.29, 0.717) is 34.0 Å². The molecule has 4 aromatic carbocycles. The fraction of sp³-hybridized carbons (Fsp3) is 0.306.